The average molecular weight is 228 g/mol. The molecule has 15 heavy (non-hydrogen) atoms. The van der Waals surface area contributed by atoms with Gasteiger partial charge in [-0.05, 0) is 32.8 Å². The number of carbonyl (C=O) groups excluding carboxylic acids is 1. The second-order valence-corrected chi connectivity index (χ2v) is 4.46. The smallest absolute Gasteiger partial charge is 0.255 e. The lowest BCUT2D eigenvalue weighted by atomic mass is 10.2. The van der Waals surface area contributed by atoms with Gasteiger partial charge in [-0.2, -0.15) is 0 Å². The van der Waals surface area contributed by atoms with E-state index < -0.39 is 0 Å². The first-order valence-electron chi connectivity index (χ1n) is 5.02. The molecule has 0 radical (unpaired) electrons. The number of carbonyl (C=O) groups is 1. The maximum atomic E-state index is 11.9. The monoisotopic (exact) mass is 227 g/mol. The molecule has 1 aromatic rings. The highest BCUT2D eigenvalue weighted by Crippen LogP contribution is 2.36. The summed E-state index contributed by atoms with van der Waals surface area (Å²) in [6, 6.07) is 1.76. The first kappa shape index (κ1) is 10.6. The molecule has 1 aliphatic rings. The van der Waals surface area contributed by atoms with Gasteiger partial charge >= 0.3 is 0 Å². The summed E-state index contributed by atoms with van der Waals surface area (Å²) >= 11 is 5.79. The molecule has 82 valence electrons. The largest absolute Gasteiger partial charge is 0.466 e. The standard InChI is InChI=1S/C11H14ClNO2/c1-7-5-9(8(2)15-7)10(14)13-11(6-12)3-4-11/h5H,3-4,6H2,1-2H3,(H,13,14). The predicted molar refractivity (Wildman–Crippen MR) is 58.3 cm³/mol. The van der Waals surface area contributed by atoms with Crippen LogP contribution in [-0.2, 0) is 0 Å². The zero-order chi connectivity index (χ0) is 11.1. The van der Waals surface area contributed by atoms with E-state index in [0.29, 0.717) is 17.2 Å². The van der Waals surface area contributed by atoms with E-state index >= 15 is 0 Å². The van der Waals surface area contributed by atoms with Crippen LogP contribution in [-0.4, -0.2) is 17.3 Å². The molecule has 2 rings (SSSR count). The highest BCUT2D eigenvalue weighted by atomic mass is 35.5. The minimum atomic E-state index is -0.156. The van der Waals surface area contributed by atoms with E-state index in [1.54, 1.807) is 13.0 Å². The molecule has 1 fully saturated rings. The van der Waals surface area contributed by atoms with Crippen LogP contribution in [0.5, 0.6) is 0 Å². The number of hydrogen-bond donors (Lipinski definition) is 1. The van der Waals surface area contributed by atoms with Gasteiger partial charge in [0.25, 0.3) is 5.91 Å². The number of hydrogen-bond acceptors (Lipinski definition) is 2. The van der Waals surface area contributed by atoms with Gasteiger partial charge in [-0.15, -0.1) is 11.6 Å². The second kappa shape index (κ2) is 3.56. The number of aryl methyl sites for hydroxylation is 2. The molecule has 0 spiro atoms. The van der Waals surface area contributed by atoms with Gasteiger partial charge in [-0.3, -0.25) is 4.79 Å². The van der Waals surface area contributed by atoms with E-state index in [-0.39, 0.29) is 11.4 Å². The zero-order valence-electron chi connectivity index (χ0n) is 8.89. The molecular formula is C11H14ClNO2. The zero-order valence-corrected chi connectivity index (χ0v) is 9.65. The van der Waals surface area contributed by atoms with Crippen molar-refractivity contribution in [3.05, 3.63) is 23.2 Å². The summed E-state index contributed by atoms with van der Waals surface area (Å²) in [5.41, 5.74) is 0.458. The van der Waals surface area contributed by atoms with E-state index in [1.807, 2.05) is 6.92 Å². The first-order valence-corrected chi connectivity index (χ1v) is 5.55. The second-order valence-electron chi connectivity index (χ2n) is 4.19. The summed E-state index contributed by atoms with van der Waals surface area (Å²) in [4.78, 5) is 11.9. The quantitative estimate of drug-likeness (QED) is 0.806. The third-order valence-corrected chi connectivity index (χ3v) is 3.29. The fraction of sp³-hybridized carbons (Fsp3) is 0.545. The van der Waals surface area contributed by atoms with Crippen LogP contribution in [0.25, 0.3) is 0 Å². The molecule has 1 heterocycles. The Bertz CT molecular complexity index is 393. The molecule has 1 aromatic heterocycles. The Balaban J connectivity index is 2.11. The number of furan rings is 1. The summed E-state index contributed by atoms with van der Waals surface area (Å²) in [5.74, 6) is 1.82. The Morgan fingerprint density at radius 2 is 2.27 bits per heavy atom. The summed E-state index contributed by atoms with van der Waals surface area (Å²) < 4.78 is 5.31. The Kier molecular flexibility index (Phi) is 2.51. The molecule has 0 aromatic carbocycles. The molecular weight excluding hydrogens is 214 g/mol. The van der Waals surface area contributed by atoms with Crippen molar-refractivity contribution in [2.24, 2.45) is 0 Å². The van der Waals surface area contributed by atoms with Crippen molar-refractivity contribution in [3.8, 4) is 0 Å². The van der Waals surface area contributed by atoms with Crippen molar-refractivity contribution in [1.29, 1.82) is 0 Å². The van der Waals surface area contributed by atoms with Crippen molar-refractivity contribution in [3.63, 3.8) is 0 Å². The molecule has 1 N–H and O–H groups in total. The normalized spacial score (nSPS) is 17.5. The predicted octanol–water partition coefficient (Wildman–Crippen LogP) is 2.40. The number of nitrogens with one attached hydrogen (secondary N) is 1. The molecule has 1 amide bonds. The lowest BCUT2D eigenvalue weighted by Gasteiger charge is -2.13. The van der Waals surface area contributed by atoms with E-state index in [0.717, 1.165) is 18.6 Å². The van der Waals surface area contributed by atoms with Crippen LogP contribution in [0.3, 0.4) is 0 Å². The molecule has 1 saturated carbocycles. The molecule has 0 atom stereocenters. The molecule has 0 unspecified atom stereocenters. The lowest BCUT2D eigenvalue weighted by Crippen LogP contribution is -2.38. The fourth-order valence-corrected chi connectivity index (χ4v) is 1.94. The number of halogens is 1. The third-order valence-electron chi connectivity index (χ3n) is 2.77. The van der Waals surface area contributed by atoms with Gasteiger partial charge in [0, 0.05) is 5.88 Å². The maximum absolute atomic E-state index is 11.9. The number of alkyl halides is 1. The minimum absolute atomic E-state index is 0.0810. The maximum Gasteiger partial charge on any atom is 0.255 e. The first-order chi connectivity index (χ1) is 7.06. The van der Waals surface area contributed by atoms with Gasteiger partial charge in [-0.25, -0.2) is 0 Å². The highest BCUT2D eigenvalue weighted by Gasteiger charge is 2.43. The summed E-state index contributed by atoms with van der Waals surface area (Å²) in [6.07, 6.45) is 1.94. The molecule has 3 nitrogen and oxygen atoms in total. The Labute approximate surface area is 93.8 Å². The van der Waals surface area contributed by atoms with Crippen LogP contribution in [0.2, 0.25) is 0 Å². The van der Waals surface area contributed by atoms with Crippen LogP contribution in [0, 0.1) is 13.8 Å². The highest BCUT2D eigenvalue weighted by molar-refractivity contribution is 6.19. The Morgan fingerprint density at radius 3 is 2.67 bits per heavy atom. The molecule has 1 aliphatic carbocycles. The van der Waals surface area contributed by atoms with E-state index in [9.17, 15) is 4.79 Å². The Hall–Kier alpha value is -0.960. The van der Waals surface area contributed by atoms with Crippen LogP contribution in [0.15, 0.2) is 10.5 Å². The van der Waals surface area contributed by atoms with Gasteiger partial charge in [0.1, 0.15) is 11.5 Å². The Morgan fingerprint density at radius 1 is 1.60 bits per heavy atom. The molecule has 0 bridgehead atoms. The van der Waals surface area contributed by atoms with E-state index in [1.165, 1.54) is 0 Å². The van der Waals surface area contributed by atoms with E-state index in [4.69, 9.17) is 16.0 Å². The summed E-state index contributed by atoms with van der Waals surface area (Å²) in [6.45, 7) is 3.63. The molecule has 4 heteroatoms. The van der Waals surface area contributed by atoms with Gasteiger partial charge in [-0.1, -0.05) is 0 Å². The van der Waals surface area contributed by atoms with Crippen molar-refractivity contribution in [2.45, 2.75) is 32.2 Å². The minimum Gasteiger partial charge on any atom is -0.466 e. The van der Waals surface area contributed by atoms with Gasteiger partial charge < -0.3 is 9.73 Å². The molecule has 0 aliphatic heterocycles. The van der Waals surface area contributed by atoms with Crippen LogP contribution in [0.4, 0.5) is 0 Å². The van der Waals surface area contributed by atoms with Gasteiger partial charge in [0.2, 0.25) is 0 Å². The van der Waals surface area contributed by atoms with Gasteiger partial charge in [0.15, 0.2) is 0 Å². The van der Waals surface area contributed by atoms with Crippen LogP contribution >= 0.6 is 11.6 Å². The van der Waals surface area contributed by atoms with Crippen LogP contribution in [0.1, 0.15) is 34.7 Å². The SMILES string of the molecule is Cc1cc(C(=O)NC2(CCl)CC2)c(C)o1. The fourth-order valence-electron chi connectivity index (χ4n) is 1.61. The summed E-state index contributed by atoms with van der Waals surface area (Å²) in [7, 11) is 0. The van der Waals surface area contributed by atoms with Gasteiger partial charge in [0.05, 0.1) is 11.1 Å². The van der Waals surface area contributed by atoms with Crippen molar-refractivity contribution in [2.75, 3.05) is 5.88 Å². The third kappa shape index (κ3) is 2.02. The van der Waals surface area contributed by atoms with Crippen LogP contribution < -0.4 is 5.32 Å². The topological polar surface area (TPSA) is 42.2 Å². The number of amides is 1. The van der Waals surface area contributed by atoms with E-state index in [2.05, 4.69) is 5.32 Å². The summed E-state index contributed by atoms with van der Waals surface area (Å²) in [5, 5.41) is 2.96. The van der Waals surface area contributed by atoms with Crippen molar-refractivity contribution >= 4 is 17.5 Å². The van der Waals surface area contributed by atoms with Crippen molar-refractivity contribution in [1.82, 2.24) is 5.32 Å². The lowest BCUT2D eigenvalue weighted by molar-refractivity contribution is 0.0934. The number of rotatable bonds is 3. The van der Waals surface area contributed by atoms with Crippen molar-refractivity contribution < 1.29 is 9.21 Å². The molecule has 0 saturated heterocycles. The average Bonchev–Trinajstić information content (AvgIpc) is 2.86.